The maximum atomic E-state index is 13.2. The van der Waals surface area contributed by atoms with Gasteiger partial charge in [0.15, 0.2) is 16.5 Å². The molecule has 1 atom stereocenters. The average Bonchev–Trinajstić information content (AvgIpc) is 2.96. The Hall–Kier alpha value is -2.32. The van der Waals surface area contributed by atoms with Crippen LogP contribution in [-0.2, 0) is 11.2 Å². The van der Waals surface area contributed by atoms with Crippen LogP contribution in [0.25, 0.3) is 10.9 Å². The summed E-state index contributed by atoms with van der Waals surface area (Å²) in [5.74, 6) is 1.94. The van der Waals surface area contributed by atoms with Gasteiger partial charge in [0.1, 0.15) is 16.9 Å². The van der Waals surface area contributed by atoms with E-state index in [1.54, 1.807) is 0 Å². The summed E-state index contributed by atoms with van der Waals surface area (Å²) in [7, 11) is 0. The monoisotopic (exact) mass is 401 g/mol. The molecule has 0 fully saturated rings. The zero-order chi connectivity index (χ0) is 20.5. The Kier molecular flexibility index (Phi) is 5.81. The number of aromatic nitrogens is 4. The van der Waals surface area contributed by atoms with Gasteiger partial charge < -0.3 is 14.6 Å². The molecule has 0 aliphatic heterocycles. The Balaban J connectivity index is 2.13. The highest BCUT2D eigenvalue weighted by atomic mass is 32.2. The van der Waals surface area contributed by atoms with Gasteiger partial charge in [0.2, 0.25) is 0 Å². The zero-order valence-electron chi connectivity index (χ0n) is 17.2. The standard InChI is InChI=1S/C20H27N5O2S/c1-7-8-27-16-10-15-14(9-17(16)28(26)20(4,5)6)19(22-11-21-15)23-18-12(2)13(3)24-25-18/h9-11H,7-8H2,1-6H3,(H2,21,22,23,24,25). The van der Waals surface area contributed by atoms with Gasteiger partial charge in [-0.1, -0.05) is 6.92 Å². The Morgan fingerprint density at radius 1 is 1.18 bits per heavy atom. The average molecular weight is 402 g/mol. The molecule has 8 heteroatoms. The minimum atomic E-state index is -1.26. The number of anilines is 2. The lowest BCUT2D eigenvalue weighted by atomic mass is 10.2. The number of benzene rings is 1. The van der Waals surface area contributed by atoms with Crippen molar-refractivity contribution in [1.82, 2.24) is 20.2 Å². The van der Waals surface area contributed by atoms with Crippen LogP contribution in [0.3, 0.4) is 0 Å². The van der Waals surface area contributed by atoms with Crippen molar-refractivity contribution >= 4 is 33.7 Å². The second kappa shape index (κ2) is 7.97. The molecule has 0 saturated carbocycles. The molecule has 28 heavy (non-hydrogen) atoms. The number of hydrogen-bond acceptors (Lipinski definition) is 6. The van der Waals surface area contributed by atoms with Crippen LogP contribution in [-0.4, -0.2) is 36.1 Å². The zero-order valence-corrected chi connectivity index (χ0v) is 18.0. The van der Waals surface area contributed by atoms with Crippen LogP contribution in [0.2, 0.25) is 0 Å². The van der Waals surface area contributed by atoms with Crippen molar-refractivity contribution in [2.24, 2.45) is 0 Å². The van der Waals surface area contributed by atoms with Gasteiger partial charge in [0.25, 0.3) is 0 Å². The molecule has 0 radical (unpaired) electrons. The number of ether oxygens (including phenoxy) is 1. The third-order valence-electron chi connectivity index (χ3n) is 4.41. The lowest BCUT2D eigenvalue weighted by molar-refractivity contribution is 0.309. The van der Waals surface area contributed by atoms with Crippen molar-refractivity contribution in [1.29, 1.82) is 0 Å². The van der Waals surface area contributed by atoms with Gasteiger partial charge in [0, 0.05) is 28.8 Å². The molecule has 3 aromatic rings. The maximum Gasteiger partial charge on any atom is 0.195 e. The largest absolute Gasteiger partial charge is 0.611 e. The van der Waals surface area contributed by atoms with E-state index in [-0.39, 0.29) is 0 Å². The summed E-state index contributed by atoms with van der Waals surface area (Å²) in [5, 5.41) is 11.3. The van der Waals surface area contributed by atoms with E-state index in [1.165, 1.54) is 6.33 Å². The molecule has 0 amide bonds. The Bertz CT molecular complexity index is 981. The van der Waals surface area contributed by atoms with Crippen molar-refractivity contribution in [2.75, 3.05) is 11.9 Å². The summed E-state index contributed by atoms with van der Waals surface area (Å²) in [6.07, 6.45) is 2.37. The summed E-state index contributed by atoms with van der Waals surface area (Å²) in [4.78, 5) is 9.43. The quantitative estimate of drug-likeness (QED) is 0.594. The van der Waals surface area contributed by atoms with Crippen molar-refractivity contribution < 1.29 is 9.29 Å². The van der Waals surface area contributed by atoms with Crippen molar-refractivity contribution in [3.8, 4) is 5.75 Å². The molecular formula is C20H27N5O2S. The van der Waals surface area contributed by atoms with E-state index < -0.39 is 15.9 Å². The first kappa shape index (κ1) is 20.4. The fourth-order valence-corrected chi connectivity index (χ4v) is 3.87. The highest BCUT2D eigenvalue weighted by Gasteiger charge is 2.32. The summed E-state index contributed by atoms with van der Waals surface area (Å²) in [6, 6.07) is 3.72. The van der Waals surface area contributed by atoms with Gasteiger partial charge in [-0.15, -0.1) is 0 Å². The lowest BCUT2D eigenvalue weighted by Gasteiger charge is -2.25. The molecule has 1 aromatic carbocycles. The Morgan fingerprint density at radius 3 is 2.54 bits per heavy atom. The highest BCUT2D eigenvalue weighted by Crippen LogP contribution is 2.37. The Morgan fingerprint density at radius 2 is 1.93 bits per heavy atom. The van der Waals surface area contributed by atoms with Crippen LogP contribution in [0.4, 0.5) is 11.6 Å². The molecule has 2 aromatic heterocycles. The first-order chi connectivity index (χ1) is 13.2. The summed E-state index contributed by atoms with van der Waals surface area (Å²) in [6.45, 7) is 12.4. The van der Waals surface area contributed by atoms with E-state index in [4.69, 9.17) is 4.74 Å². The van der Waals surface area contributed by atoms with Gasteiger partial charge in [0.05, 0.1) is 12.1 Å². The summed E-state index contributed by atoms with van der Waals surface area (Å²) in [5.41, 5.74) is 2.74. The summed E-state index contributed by atoms with van der Waals surface area (Å²) < 4.78 is 18.7. The molecule has 3 rings (SSSR count). The van der Waals surface area contributed by atoms with Crippen LogP contribution < -0.4 is 10.1 Å². The first-order valence-electron chi connectivity index (χ1n) is 9.34. The number of hydrogen-bond donors (Lipinski definition) is 2. The van der Waals surface area contributed by atoms with Crippen LogP contribution >= 0.6 is 0 Å². The van der Waals surface area contributed by atoms with Crippen LogP contribution in [0.15, 0.2) is 23.4 Å². The third kappa shape index (κ3) is 4.07. The summed E-state index contributed by atoms with van der Waals surface area (Å²) >= 11 is -1.26. The highest BCUT2D eigenvalue weighted by molar-refractivity contribution is 7.92. The molecule has 2 N–H and O–H groups in total. The van der Waals surface area contributed by atoms with Crippen molar-refractivity contribution in [2.45, 2.75) is 57.6 Å². The van der Waals surface area contributed by atoms with Crippen LogP contribution in [0, 0.1) is 13.8 Å². The van der Waals surface area contributed by atoms with Gasteiger partial charge in [-0.25, -0.2) is 9.97 Å². The molecule has 0 aliphatic rings. The number of nitrogens with one attached hydrogen (secondary N) is 2. The minimum Gasteiger partial charge on any atom is -0.611 e. The molecule has 0 bridgehead atoms. The van der Waals surface area contributed by atoms with Crippen LogP contribution in [0.5, 0.6) is 5.75 Å². The van der Waals surface area contributed by atoms with Crippen molar-refractivity contribution in [3.05, 3.63) is 29.7 Å². The third-order valence-corrected chi connectivity index (χ3v) is 6.24. The SMILES string of the molecule is CCCOc1cc2ncnc(Nc3n[nH]c(C)c3C)c2cc1[S+]([O-])C(C)(C)C. The van der Waals surface area contributed by atoms with E-state index in [2.05, 4.69) is 25.5 Å². The number of H-pyrrole nitrogens is 1. The lowest BCUT2D eigenvalue weighted by Crippen LogP contribution is -2.28. The molecular weight excluding hydrogens is 374 g/mol. The second-order valence-electron chi connectivity index (χ2n) is 7.72. The van der Waals surface area contributed by atoms with Crippen LogP contribution in [0.1, 0.15) is 45.4 Å². The molecule has 150 valence electrons. The molecule has 0 aliphatic carbocycles. The van der Waals surface area contributed by atoms with E-state index in [9.17, 15) is 4.55 Å². The maximum absolute atomic E-state index is 13.2. The predicted molar refractivity (Wildman–Crippen MR) is 113 cm³/mol. The smallest absolute Gasteiger partial charge is 0.195 e. The minimum absolute atomic E-state index is 0.420. The first-order valence-corrected chi connectivity index (χ1v) is 10.5. The van der Waals surface area contributed by atoms with Crippen molar-refractivity contribution in [3.63, 3.8) is 0 Å². The van der Waals surface area contributed by atoms with E-state index >= 15 is 0 Å². The van der Waals surface area contributed by atoms with Gasteiger partial charge in [-0.2, -0.15) is 5.10 Å². The molecule has 0 spiro atoms. The fraction of sp³-hybridized carbons (Fsp3) is 0.450. The van der Waals surface area contributed by atoms with E-state index in [0.29, 0.717) is 28.9 Å². The molecule has 7 nitrogen and oxygen atoms in total. The van der Waals surface area contributed by atoms with E-state index in [1.807, 2.05) is 53.7 Å². The second-order valence-corrected chi connectivity index (χ2v) is 9.92. The number of aryl methyl sites for hydroxylation is 1. The number of aromatic amines is 1. The van der Waals surface area contributed by atoms with Gasteiger partial charge in [-0.3, -0.25) is 5.10 Å². The Labute approximate surface area is 168 Å². The molecule has 2 heterocycles. The number of nitrogens with zero attached hydrogens (tertiary/aromatic N) is 3. The topological polar surface area (TPSA) is 98.8 Å². The van der Waals surface area contributed by atoms with Gasteiger partial charge >= 0.3 is 0 Å². The van der Waals surface area contributed by atoms with E-state index in [0.717, 1.165) is 28.6 Å². The molecule has 1 unspecified atom stereocenters. The number of rotatable bonds is 6. The fourth-order valence-electron chi connectivity index (χ4n) is 2.68. The normalized spacial score (nSPS) is 13.0. The predicted octanol–water partition coefficient (Wildman–Crippen LogP) is 4.41. The molecule has 0 saturated heterocycles. The van der Waals surface area contributed by atoms with Gasteiger partial charge in [-0.05, 0) is 52.2 Å². The number of fused-ring (bicyclic) bond motifs is 1.